The first-order chi connectivity index (χ1) is 22.6. The Hall–Kier alpha value is -3.47. The monoisotopic (exact) mass is 682 g/mol. The predicted octanol–water partition coefficient (Wildman–Crippen LogP) is 4.87. The average Bonchev–Trinajstić information content (AvgIpc) is 3.37. The maximum Gasteiger partial charge on any atom is 0.335 e. The van der Waals surface area contributed by atoms with Crippen LogP contribution in [-0.2, 0) is 22.7 Å². The van der Waals surface area contributed by atoms with Crippen molar-refractivity contribution in [3.63, 3.8) is 0 Å². The fourth-order valence-electron chi connectivity index (χ4n) is 7.54. The lowest BCUT2D eigenvalue weighted by Crippen LogP contribution is -2.75. The topological polar surface area (TPSA) is 130 Å². The van der Waals surface area contributed by atoms with Crippen molar-refractivity contribution in [2.45, 2.75) is 102 Å². The first kappa shape index (κ1) is 37.4. The Labute approximate surface area is 290 Å². The van der Waals surface area contributed by atoms with E-state index in [1.54, 1.807) is 24.1 Å². The first-order valence-electron chi connectivity index (χ1n) is 17.3. The predicted molar refractivity (Wildman–Crippen MR) is 186 cm³/mol. The number of piperazine rings is 1. The number of hydrogen-bond donors (Lipinski definition) is 3. The fourth-order valence-corrected chi connectivity index (χ4v) is 7.54. The molecule has 2 aliphatic heterocycles. The Morgan fingerprint density at radius 1 is 0.938 bits per heavy atom. The minimum absolute atomic E-state index is 0. The molecule has 3 aliphatic rings. The minimum Gasteiger partial charge on any atom is -0.478 e. The number of likely N-dealkylation sites (tertiary alicyclic amines) is 1. The second-order valence-electron chi connectivity index (χ2n) is 13.7. The molecule has 5 rings (SSSR count). The molecule has 2 aromatic rings. The molecule has 1 spiro atoms. The molecule has 0 bridgehead atoms. The average molecular weight is 683 g/mol. The zero-order valence-corrected chi connectivity index (χ0v) is 29.1. The summed E-state index contributed by atoms with van der Waals surface area (Å²) in [6.45, 7) is 4.95. The summed E-state index contributed by atoms with van der Waals surface area (Å²) < 4.78 is 0. The number of nitrogens with zero attached hydrogens (tertiary/aromatic N) is 3. The quantitative estimate of drug-likeness (QED) is 0.288. The molecule has 2 heterocycles. The summed E-state index contributed by atoms with van der Waals surface area (Å²) >= 11 is 0. The number of carboxylic acids is 1. The van der Waals surface area contributed by atoms with Crippen molar-refractivity contribution in [3.05, 3.63) is 70.8 Å². The molecule has 10 nitrogen and oxygen atoms in total. The van der Waals surface area contributed by atoms with E-state index in [0.29, 0.717) is 51.1 Å². The van der Waals surface area contributed by atoms with Crippen LogP contribution in [0.2, 0.25) is 0 Å². The van der Waals surface area contributed by atoms with E-state index in [2.05, 4.69) is 17.1 Å². The molecule has 11 heteroatoms. The second kappa shape index (κ2) is 16.8. The molecule has 3 N–H and O–H groups in total. The highest BCUT2D eigenvalue weighted by Crippen LogP contribution is 2.36. The number of aliphatic hydroxyl groups excluding tert-OH is 1. The summed E-state index contributed by atoms with van der Waals surface area (Å²) in [7, 11) is 1.72. The van der Waals surface area contributed by atoms with Gasteiger partial charge in [-0.2, -0.15) is 0 Å². The van der Waals surface area contributed by atoms with Gasteiger partial charge >= 0.3 is 5.97 Å². The highest BCUT2D eigenvalue weighted by atomic mass is 35.5. The lowest BCUT2D eigenvalue weighted by atomic mass is 9.79. The minimum atomic E-state index is -0.983. The number of hydrogen-bond acceptors (Lipinski definition) is 6. The van der Waals surface area contributed by atoms with E-state index in [1.807, 2.05) is 29.2 Å². The van der Waals surface area contributed by atoms with Crippen molar-refractivity contribution in [3.8, 4) is 0 Å². The van der Waals surface area contributed by atoms with Gasteiger partial charge in [-0.05, 0) is 73.4 Å². The summed E-state index contributed by atoms with van der Waals surface area (Å²) in [6.07, 6.45) is 8.16. The van der Waals surface area contributed by atoms with Crippen LogP contribution in [0.25, 0.3) is 0 Å². The summed E-state index contributed by atoms with van der Waals surface area (Å²) in [4.78, 5) is 57.7. The molecule has 0 aromatic heterocycles. The molecule has 3 amide bonds. The number of carboxylic acid groups (broad SMARTS) is 1. The van der Waals surface area contributed by atoms with Crippen LogP contribution in [0.3, 0.4) is 0 Å². The van der Waals surface area contributed by atoms with E-state index in [9.17, 15) is 24.3 Å². The number of amides is 3. The molecule has 2 atom stereocenters. The smallest absolute Gasteiger partial charge is 0.335 e. The van der Waals surface area contributed by atoms with E-state index in [1.165, 1.54) is 12.1 Å². The molecule has 1 saturated carbocycles. The zero-order valence-electron chi connectivity index (χ0n) is 28.2. The van der Waals surface area contributed by atoms with E-state index < -0.39 is 23.7 Å². The zero-order chi connectivity index (χ0) is 33.6. The van der Waals surface area contributed by atoms with Gasteiger partial charge in [0.15, 0.2) is 0 Å². The number of nitrogens with one attached hydrogen (secondary N) is 1. The third kappa shape index (κ3) is 8.39. The van der Waals surface area contributed by atoms with Gasteiger partial charge in [0.25, 0.3) is 5.91 Å². The van der Waals surface area contributed by atoms with Gasteiger partial charge in [-0.1, -0.05) is 63.3 Å². The van der Waals surface area contributed by atoms with Crippen LogP contribution >= 0.6 is 12.4 Å². The van der Waals surface area contributed by atoms with Crippen molar-refractivity contribution in [1.82, 2.24) is 20.0 Å². The van der Waals surface area contributed by atoms with Crippen LogP contribution < -0.4 is 5.32 Å². The third-order valence-corrected chi connectivity index (χ3v) is 10.5. The molecular weight excluding hydrogens is 632 g/mol. The van der Waals surface area contributed by atoms with Crippen molar-refractivity contribution in [2.24, 2.45) is 5.92 Å². The molecule has 0 unspecified atom stereocenters. The highest BCUT2D eigenvalue weighted by molar-refractivity contribution is 6.00. The molecule has 1 aliphatic carbocycles. The van der Waals surface area contributed by atoms with Crippen molar-refractivity contribution >= 4 is 36.1 Å². The Morgan fingerprint density at radius 2 is 1.52 bits per heavy atom. The van der Waals surface area contributed by atoms with Crippen LogP contribution in [-0.4, -0.2) is 93.0 Å². The molecule has 2 aromatic carbocycles. The number of piperidine rings is 1. The highest BCUT2D eigenvalue weighted by Gasteiger charge is 2.55. The van der Waals surface area contributed by atoms with Gasteiger partial charge in [0.2, 0.25) is 11.8 Å². The Bertz CT molecular complexity index is 1400. The maximum atomic E-state index is 14.0. The van der Waals surface area contributed by atoms with Crippen LogP contribution in [0.5, 0.6) is 0 Å². The second-order valence-corrected chi connectivity index (χ2v) is 13.7. The van der Waals surface area contributed by atoms with Crippen LogP contribution in [0.1, 0.15) is 103 Å². The summed E-state index contributed by atoms with van der Waals surface area (Å²) in [5.41, 5.74) is 1.79. The SMILES string of the molecule is CCCCN1C(=O)[C@@H]([C@H](O)C2CCCCCC2)NC(=O)C12CCN(Cc1ccc(C(=O)N(C)Cc3ccc(C(=O)O)cc3)cc1)CC2.Cl. The number of aromatic carboxylic acids is 1. The lowest BCUT2D eigenvalue weighted by Gasteiger charge is -2.52. The van der Waals surface area contributed by atoms with Gasteiger partial charge in [-0.3, -0.25) is 19.3 Å². The van der Waals surface area contributed by atoms with E-state index in [-0.39, 0.29) is 41.6 Å². The molecule has 262 valence electrons. The fraction of sp³-hybridized carbons (Fsp3) is 0.568. The van der Waals surface area contributed by atoms with Crippen LogP contribution in [0.4, 0.5) is 0 Å². The number of carbonyl (C=O) groups is 4. The van der Waals surface area contributed by atoms with Gasteiger partial charge in [-0.25, -0.2) is 4.79 Å². The number of aliphatic hydroxyl groups is 1. The number of carbonyl (C=O) groups excluding carboxylic acids is 3. The van der Waals surface area contributed by atoms with Crippen molar-refractivity contribution in [1.29, 1.82) is 0 Å². The molecular formula is C37H51ClN4O6. The van der Waals surface area contributed by atoms with Gasteiger partial charge in [0, 0.05) is 45.3 Å². The molecule has 0 radical (unpaired) electrons. The Kier molecular flexibility index (Phi) is 13.0. The summed E-state index contributed by atoms with van der Waals surface area (Å²) in [5.74, 6) is -1.33. The number of rotatable bonds is 11. The van der Waals surface area contributed by atoms with E-state index >= 15 is 0 Å². The Morgan fingerprint density at radius 3 is 2.10 bits per heavy atom. The summed E-state index contributed by atoms with van der Waals surface area (Å²) in [5, 5.41) is 23.4. The van der Waals surface area contributed by atoms with Gasteiger partial charge in [0.05, 0.1) is 11.7 Å². The third-order valence-electron chi connectivity index (χ3n) is 10.5. The van der Waals surface area contributed by atoms with Crippen molar-refractivity contribution < 1.29 is 29.4 Å². The first-order valence-corrected chi connectivity index (χ1v) is 17.3. The van der Waals surface area contributed by atoms with Gasteiger partial charge in [-0.15, -0.1) is 12.4 Å². The Balaban J connectivity index is 0.00000520. The van der Waals surface area contributed by atoms with E-state index in [0.717, 1.165) is 62.5 Å². The molecule has 48 heavy (non-hydrogen) atoms. The van der Waals surface area contributed by atoms with Crippen LogP contribution in [0.15, 0.2) is 48.5 Å². The summed E-state index contributed by atoms with van der Waals surface area (Å²) in [6, 6.07) is 13.2. The van der Waals surface area contributed by atoms with Crippen molar-refractivity contribution in [2.75, 3.05) is 26.7 Å². The van der Waals surface area contributed by atoms with Gasteiger partial charge in [0.1, 0.15) is 11.6 Å². The number of benzene rings is 2. The molecule has 2 saturated heterocycles. The largest absolute Gasteiger partial charge is 0.478 e. The van der Waals surface area contributed by atoms with Gasteiger partial charge < -0.3 is 25.3 Å². The normalized spacial score (nSPS) is 20.8. The van der Waals surface area contributed by atoms with Crippen LogP contribution in [0, 0.1) is 5.92 Å². The molecule has 3 fully saturated rings. The number of unbranched alkanes of at least 4 members (excludes halogenated alkanes) is 1. The number of halogens is 1. The lowest BCUT2D eigenvalue weighted by molar-refractivity contribution is -0.165. The maximum absolute atomic E-state index is 14.0. The van der Waals surface area contributed by atoms with E-state index in [4.69, 9.17) is 5.11 Å². The standard InChI is InChI=1S/C37H50N4O6.ClH/c1-3-4-21-41-34(44)31(32(42)28-9-7-5-6-8-10-28)38-36(47)37(41)19-22-40(23-20-37)25-27-11-15-29(16-12-27)33(43)39(2)24-26-13-17-30(18-14-26)35(45)46;/h11-18,28,31-32,42H,3-10,19-25H2,1-2H3,(H,38,47)(H,45,46);1H/t31-,32-;/m1./s1.